The van der Waals surface area contributed by atoms with E-state index in [4.69, 9.17) is 33.2 Å². The monoisotopic (exact) mass is 2090 g/mol. The van der Waals surface area contributed by atoms with Gasteiger partial charge in [-0.1, -0.05) is 267 Å². The highest BCUT2D eigenvalue weighted by atomic mass is 16.7. The third kappa shape index (κ3) is 35.6. The predicted octanol–water partition coefficient (Wildman–Crippen LogP) is 6.14. The van der Waals surface area contributed by atoms with Gasteiger partial charge in [0.05, 0.1) is 58.0 Å². The third-order valence-corrected chi connectivity index (χ3v) is 33.2. The molecule has 0 bridgehead atoms. The molecule has 6 heterocycles. The first-order valence-corrected chi connectivity index (χ1v) is 56.6. The topological polar surface area (TPSA) is 622 Å². The molecule has 146 heavy (non-hydrogen) atoms. The molecule has 1 saturated carbocycles. The van der Waals surface area contributed by atoms with Crippen molar-refractivity contribution in [2.24, 2.45) is 65.1 Å². The van der Waals surface area contributed by atoms with Crippen LogP contribution in [0.15, 0.2) is 46.6 Å². The van der Waals surface area contributed by atoms with Gasteiger partial charge in [-0.05, 0) is 135 Å². The Morgan fingerprint density at radius 1 is 0.253 bits per heavy atom. The Hall–Kier alpha value is -3.31. The van der Waals surface area contributed by atoms with Gasteiger partial charge in [0.1, 0.15) is 171 Å². The minimum atomic E-state index is -1.74. The molecule has 850 valence electrons. The third-order valence-electron chi connectivity index (χ3n) is 33.2. The highest BCUT2D eigenvalue weighted by molar-refractivity contribution is 5.98. The van der Waals surface area contributed by atoms with Crippen molar-refractivity contribution in [2.45, 2.75) is 528 Å². The first kappa shape index (κ1) is 130. The summed E-state index contributed by atoms with van der Waals surface area (Å²) in [5.74, 6) is 2.59. The van der Waals surface area contributed by atoms with E-state index in [1.54, 1.807) is 0 Å². The average molecular weight is 2090 g/mol. The van der Waals surface area contributed by atoms with Crippen LogP contribution in [0.3, 0.4) is 0 Å². The summed E-state index contributed by atoms with van der Waals surface area (Å²) in [5.41, 5.74) is 1.65. The number of unbranched alkanes of at least 4 members (excludes halogenated alkanes) is 15. The second kappa shape index (κ2) is 66.9. The Bertz CT molecular complexity index is 3640. The van der Waals surface area contributed by atoms with Gasteiger partial charge in [0.25, 0.3) is 0 Å². The summed E-state index contributed by atoms with van der Waals surface area (Å²) in [5, 5.41) is 253. The van der Waals surface area contributed by atoms with Gasteiger partial charge in [-0.25, -0.2) is 0 Å². The summed E-state index contributed by atoms with van der Waals surface area (Å²) < 4.78 is 39.6. The molecule has 6 saturated heterocycles. The second-order valence-corrected chi connectivity index (χ2v) is 43.9. The van der Waals surface area contributed by atoms with Gasteiger partial charge in [0, 0.05) is 41.9 Å². The number of ketones is 3. The molecule has 0 aromatic rings. The maximum Gasteiger partial charge on any atom is 0.187 e. The molecule has 43 unspecified atom stereocenters. The van der Waals surface area contributed by atoms with E-state index in [9.17, 15) is 142 Å². The summed E-state index contributed by atoms with van der Waals surface area (Å²) in [6.45, 7) is 18.4. The van der Waals surface area contributed by atoms with Crippen LogP contribution in [-0.4, -0.2) is 380 Å². The van der Waals surface area contributed by atoms with Crippen LogP contribution in [0, 0.1) is 65.1 Å². The number of ether oxygens (including phenoxy) is 7. The summed E-state index contributed by atoms with van der Waals surface area (Å²) >= 11 is 0. The van der Waals surface area contributed by atoms with Crippen LogP contribution >= 0.6 is 0 Å². The standard InChI is InChI=1S/C27H46O11.C21H40O6.C21H38O6.2C21H36O6/c1-3-5-7-9-15-11-17(30)16(10-14(15)8-6-4-2)25-22(33)23(34)26(19(13-29)36-25)38-27-24(35)21(32)20(31)18(12-28)37-27;4*1-3-5-7-9-14-11-16(23)15(10-13(14)8-6-4-2)21-20(26)19(25)18(24)17(12-22)27-21/h10,14-15,18-29,31-35H,3-9,11-13H2,1-2H3;13-26H,3-12H2,1-2H3;10,13-14,16-26H,3-9,11-12H2,1-2H3;2*10,13-14,17-22,24-26H,3-9,11-12H2,1-2H3. The molecule has 7 fully saturated rings. The van der Waals surface area contributed by atoms with Crippen LogP contribution in [0.2, 0.25) is 0 Å². The summed E-state index contributed by atoms with van der Waals surface area (Å²) in [7, 11) is 0. The number of aliphatic hydroxyl groups is 25. The molecular formula is C111H196O35. The second-order valence-electron chi connectivity index (χ2n) is 43.9. The van der Waals surface area contributed by atoms with Crippen LogP contribution in [0.4, 0.5) is 0 Å². The van der Waals surface area contributed by atoms with Crippen LogP contribution in [0.5, 0.6) is 0 Å². The lowest BCUT2D eigenvalue weighted by Gasteiger charge is -2.48. The van der Waals surface area contributed by atoms with Gasteiger partial charge in [0.15, 0.2) is 23.6 Å². The van der Waals surface area contributed by atoms with Crippen LogP contribution in [0.25, 0.3) is 0 Å². The van der Waals surface area contributed by atoms with E-state index in [0.717, 1.165) is 199 Å². The van der Waals surface area contributed by atoms with Crippen molar-refractivity contribution >= 4 is 17.3 Å². The smallest absolute Gasteiger partial charge is 0.187 e. The lowest BCUT2D eigenvalue weighted by molar-refractivity contribution is -0.340. The molecule has 6 aliphatic heterocycles. The molecule has 11 aliphatic rings. The van der Waals surface area contributed by atoms with Gasteiger partial charge >= 0.3 is 0 Å². The average Bonchev–Trinajstić information content (AvgIpc) is 0.731. The van der Waals surface area contributed by atoms with E-state index in [1.807, 2.05) is 24.3 Å². The predicted molar refractivity (Wildman–Crippen MR) is 545 cm³/mol. The van der Waals surface area contributed by atoms with E-state index in [-0.39, 0.29) is 52.5 Å². The van der Waals surface area contributed by atoms with Crippen LogP contribution in [0.1, 0.15) is 332 Å². The van der Waals surface area contributed by atoms with E-state index >= 15 is 0 Å². The Morgan fingerprint density at radius 3 is 0.884 bits per heavy atom. The molecule has 0 aromatic heterocycles. The van der Waals surface area contributed by atoms with Gasteiger partial charge in [-0.3, -0.25) is 14.4 Å². The quantitative estimate of drug-likeness (QED) is 0.0240. The van der Waals surface area contributed by atoms with Crippen molar-refractivity contribution in [2.75, 3.05) is 39.6 Å². The summed E-state index contributed by atoms with van der Waals surface area (Å²) in [6, 6.07) is 0. The minimum Gasteiger partial charge on any atom is -0.394 e. The first-order valence-electron chi connectivity index (χ1n) is 56.6. The summed E-state index contributed by atoms with van der Waals surface area (Å²) in [4.78, 5) is 38.9. The molecule has 25 N–H and O–H groups in total. The zero-order chi connectivity index (χ0) is 108. The number of aliphatic hydroxyl groups excluding tert-OH is 25. The number of allylic oxidation sites excluding steroid dienone is 4. The molecule has 0 spiro atoms. The zero-order valence-electron chi connectivity index (χ0n) is 89.1. The Morgan fingerprint density at radius 2 is 0.527 bits per heavy atom. The lowest BCUT2D eigenvalue weighted by atomic mass is 9.66. The Kier molecular flexibility index (Phi) is 59.4. The molecule has 43 atom stereocenters. The number of carbonyl (C=O) groups is 3. The van der Waals surface area contributed by atoms with Crippen LogP contribution in [-0.2, 0) is 47.5 Å². The van der Waals surface area contributed by atoms with E-state index in [0.29, 0.717) is 84.3 Å². The molecule has 35 heteroatoms. The molecule has 0 aromatic carbocycles. The van der Waals surface area contributed by atoms with Crippen molar-refractivity contribution in [3.63, 3.8) is 0 Å². The van der Waals surface area contributed by atoms with Crippen molar-refractivity contribution in [3.8, 4) is 0 Å². The SMILES string of the molecule is CCCCCC1CC(=O)C(C2OC(CO)C(O)C(O)C2O)=CC1CCCC.CCCCCC1CC(=O)C(C2OC(CO)C(O)C(O)C2O)=CC1CCCC.CCCCCC1CC(=O)C(C2OC(CO)C(OC3OC(CO)C(O)C(O)C3O)C(O)C2O)=CC1CCCC.CCCCCC1CC(O)C(C2OC(CO)C(O)C(O)C2O)=CC1CCCC.CCCCCC1CC(O)C(C2OC(CO)C(O)C(O)C2O)CC1CCCC. The van der Waals surface area contributed by atoms with Crippen molar-refractivity contribution in [1.29, 1.82) is 0 Å². The molecular weight excluding hydrogens is 1890 g/mol. The maximum atomic E-state index is 13.2. The Labute approximate surface area is 867 Å². The number of hydrogen-bond donors (Lipinski definition) is 25. The number of hydrogen-bond acceptors (Lipinski definition) is 35. The highest BCUT2D eigenvalue weighted by Gasteiger charge is 2.57. The lowest BCUT2D eigenvalue weighted by Crippen LogP contribution is -2.64. The zero-order valence-corrected chi connectivity index (χ0v) is 89.1. The van der Waals surface area contributed by atoms with E-state index in [1.165, 1.54) is 32.1 Å². The maximum absolute atomic E-state index is 13.2. The van der Waals surface area contributed by atoms with Gasteiger partial charge in [-0.2, -0.15) is 0 Å². The van der Waals surface area contributed by atoms with Gasteiger partial charge < -0.3 is 161 Å². The fourth-order valence-corrected chi connectivity index (χ4v) is 24.0. The van der Waals surface area contributed by atoms with Crippen LogP contribution < -0.4 is 0 Å². The number of rotatable bonds is 48. The first-order chi connectivity index (χ1) is 69.9. The molecule has 35 nitrogen and oxygen atoms in total. The molecule has 11 rings (SSSR count). The normalized spacial score (nSPS) is 40.2. The fourth-order valence-electron chi connectivity index (χ4n) is 24.0. The van der Waals surface area contributed by atoms with Gasteiger partial charge in [0.2, 0.25) is 0 Å². The fraction of sp³-hybridized carbons (Fsp3) is 0.901. The van der Waals surface area contributed by atoms with E-state index < -0.39 is 235 Å². The van der Waals surface area contributed by atoms with E-state index in [2.05, 4.69) is 69.2 Å². The van der Waals surface area contributed by atoms with Crippen molar-refractivity contribution in [1.82, 2.24) is 0 Å². The molecule has 0 amide bonds. The number of Topliss-reactive ketones (excluding diaryl/α,β-unsaturated/α-hetero) is 3. The minimum absolute atomic E-state index is 0.0615. The molecule has 5 aliphatic carbocycles. The Balaban J connectivity index is 0.000000249. The largest absolute Gasteiger partial charge is 0.394 e. The van der Waals surface area contributed by atoms with Crippen molar-refractivity contribution < 1.29 is 175 Å². The molecule has 0 radical (unpaired) electrons. The summed E-state index contributed by atoms with van der Waals surface area (Å²) in [6.07, 6.45) is 8.93. The highest BCUT2D eigenvalue weighted by Crippen LogP contribution is 2.48. The van der Waals surface area contributed by atoms with Crippen molar-refractivity contribution in [3.05, 3.63) is 46.6 Å². The van der Waals surface area contributed by atoms with Gasteiger partial charge in [-0.15, -0.1) is 0 Å². The number of carbonyl (C=O) groups excluding carboxylic acids is 3.